The minimum absolute atomic E-state index is 0.0168. The molecule has 0 saturated heterocycles. The summed E-state index contributed by atoms with van der Waals surface area (Å²) in [5.41, 5.74) is 0.749. The lowest BCUT2D eigenvalue weighted by molar-refractivity contribution is -0.146. The summed E-state index contributed by atoms with van der Waals surface area (Å²) in [6.45, 7) is 1.48. The van der Waals surface area contributed by atoms with Crippen molar-refractivity contribution in [3.8, 4) is 0 Å². The second-order valence-electron chi connectivity index (χ2n) is 5.65. The lowest BCUT2D eigenvalue weighted by Gasteiger charge is -2.17. The third kappa shape index (κ3) is 9.83. The zero-order chi connectivity index (χ0) is 20.1. The molecule has 0 spiro atoms. The second kappa shape index (κ2) is 12.3. The van der Waals surface area contributed by atoms with E-state index in [9.17, 15) is 19.2 Å². The van der Waals surface area contributed by atoms with Crippen LogP contribution in [0.1, 0.15) is 31.7 Å². The molecule has 1 aromatic rings. The zero-order valence-corrected chi connectivity index (χ0v) is 15.1. The van der Waals surface area contributed by atoms with Crippen LogP contribution in [0, 0.1) is 0 Å². The van der Waals surface area contributed by atoms with Gasteiger partial charge in [-0.05, 0) is 12.0 Å². The first-order valence-corrected chi connectivity index (χ1v) is 8.54. The average Bonchev–Trinajstić information content (AvgIpc) is 2.65. The molecule has 0 radical (unpaired) electrons. The molecule has 0 aliphatic heterocycles. The van der Waals surface area contributed by atoms with E-state index in [4.69, 9.17) is 14.6 Å². The Hall–Kier alpha value is -3.10. The number of esters is 1. The molecule has 3 N–H and O–H groups in total. The number of hydrogen-bond donors (Lipinski definition) is 3. The molecule has 27 heavy (non-hydrogen) atoms. The number of alkyl carbamates (subject to hydrolysis) is 1. The summed E-state index contributed by atoms with van der Waals surface area (Å²) in [6, 6.07) is 7.60. The van der Waals surface area contributed by atoms with Gasteiger partial charge >= 0.3 is 18.0 Å². The van der Waals surface area contributed by atoms with Crippen LogP contribution in [0.3, 0.4) is 0 Å². The van der Waals surface area contributed by atoms with Crippen molar-refractivity contribution in [2.24, 2.45) is 0 Å². The summed E-state index contributed by atoms with van der Waals surface area (Å²) >= 11 is 0. The van der Waals surface area contributed by atoms with Crippen LogP contribution in [-0.4, -0.2) is 48.2 Å². The van der Waals surface area contributed by atoms with Gasteiger partial charge in [-0.15, -0.1) is 0 Å². The van der Waals surface area contributed by atoms with Crippen LogP contribution in [0.4, 0.5) is 4.79 Å². The Morgan fingerprint density at radius 3 is 2.44 bits per heavy atom. The summed E-state index contributed by atoms with van der Waals surface area (Å²) < 4.78 is 9.99. The number of carbonyl (C=O) groups excluding carboxylic acids is 3. The fourth-order valence-corrected chi connectivity index (χ4v) is 1.96. The third-order valence-electron chi connectivity index (χ3n) is 3.37. The number of rotatable bonds is 11. The summed E-state index contributed by atoms with van der Waals surface area (Å²) in [4.78, 5) is 46.4. The molecule has 0 fully saturated rings. The molecule has 148 valence electrons. The number of ether oxygens (including phenoxy) is 2. The molecule has 1 aromatic carbocycles. The molecule has 0 aliphatic rings. The van der Waals surface area contributed by atoms with Crippen LogP contribution in [0.2, 0.25) is 0 Å². The predicted octanol–water partition coefficient (Wildman–Crippen LogP) is 1.22. The van der Waals surface area contributed by atoms with E-state index in [0.717, 1.165) is 12.0 Å². The number of carboxylic acids is 1. The Kier molecular flexibility index (Phi) is 9.98. The Bertz CT molecular complexity index is 634. The van der Waals surface area contributed by atoms with Gasteiger partial charge in [0.05, 0.1) is 13.0 Å². The Morgan fingerprint density at radius 1 is 1.11 bits per heavy atom. The Morgan fingerprint density at radius 2 is 1.81 bits per heavy atom. The highest BCUT2D eigenvalue weighted by atomic mass is 16.5. The number of carboxylic acid groups (broad SMARTS) is 1. The first-order valence-electron chi connectivity index (χ1n) is 8.54. The third-order valence-corrected chi connectivity index (χ3v) is 3.37. The molecule has 9 heteroatoms. The minimum Gasteiger partial charge on any atom is -0.480 e. The Labute approximate surface area is 157 Å². The van der Waals surface area contributed by atoms with Crippen LogP contribution in [0.5, 0.6) is 0 Å². The van der Waals surface area contributed by atoms with Gasteiger partial charge in [0.25, 0.3) is 0 Å². The van der Waals surface area contributed by atoms with Crippen LogP contribution in [-0.2, 0) is 30.5 Å². The number of amides is 2. The smallest absolute Gasteiger partial charge is 0.408 e. The van der Waals surface area contributed by atoms with Crippen LogP contribution in [0.15, 0.2) is 30.3 Å². The maximum atomic E-state index is 12.1. The van der Waals surface area contributed by atoms with Gasteiger partial charge in [0.1, 0.15) is 19.2 Å². The molecule has 1 atom stereocenters. The van der Waals surface area contributed by atoms with Gasteiger partial charge in [0.15, 0.2) is 0 Å². The van der Waals surface area contributed by atoms with Gasteiger partial charge in [0.2, 0.25) is 5.91 Å². The molecule has 0 saturated carbocycles. The molecule has 2 amide bonds. The van der Waals surface area contributed by atoms with Gasteiger partial charge in [-0.1, -0.05) is 43.7 Å². The molecule has 0 aliphatic carbocycles. The van der Waals surface area contributed by atoms with Gasteiger partial charge in [-0.25, -0.2) is 4.79 Å². The lowest BCUT2D eigenvalue weighted by Crippen LogP contribution is -2.49. The second-order valence-corrected chi connectivity index (χ2v) is 5.65. The van der Waals surface area contributed by atoms with E-state index in [1.807, 2.05) is 13.0 Å². The van der Waals surface area contributed by atoms with Gasteiger partial charge in [0, 0.05) is 0 Å². The monoisotopic (exact) mass is 380 g/mol. The summed E-state index contributed by atoms with van der Waals surface area (Å²) in [6.07, 6.45) is 0.166. The minimum atomic E-state index is -1.30. The number of hydrogen-bond acceptors (Lipinski definition) is 6. The topological polar surface area (TPSA) is 131 Å². The standard InChI is InChI=1S/C18H24N2O7/c1-2-3-9-26-16(23)10-14(17(24)19-11-15(21)22)20-18(25)27-12-13-7-5-4-6-8-13/h4-8,14H,2-3,9-12H2,1H3,(H,19,24)(H,20,25)(H,21,22). The van der Waals surface area contributed by atoms with Crippen molar-refractivity contribution < 1.29 is 33.8 Å². The molecule has 1 unspecified atom stereocenters. The fourth-order valence-electron chi connectivity index (χ4n) is 1.96. The van der Waals surface area contributed by atoms with Crippen LogP contribution < -0.4 is 10.6 Å². The molecular formula is C18H24N2O7. The van der Waals surface area contributed by atoms with Crippen molar-refractivity contribution in [3.05, 3.63) is 35.9 Å². The first-order chi connectivity index (χ1) is 12.9. The number of nitrogens with one attached hydrogen (secondary N) is 2. The summed E-state index contributed by atoms with van der Waals surface area (Å²) in [7, 11) is 0. The highest BCUT2D eigenvalue weighted by molar-refractivity contribution is 5.91. The van der Waals surface area contributed by atoms with Crippen molar-refractivity contribution in [1.29, 1.82) is 0 Å². The molecule has 0 aromatic heterocycles. The summed E-state index contributed by atoms with van der Waals surface area (Å²) in [5.74, 6) is -2.75. The van der Waals surface area contributed by atoms with E-state index in [0.29, 0.717) is 6.42 Å². The van der Waals surface area contributed by atoms with Gasteiger partial charge in [-0.3, -0.25) is 14.4 Å². The van der Waals surface area contributed by atoms with Crippen molar-refractivity contribution >= 4 is 23.9 Å². The largest absolute Gasteiger partial charge is 0.480 e. The number of unbranched alkanes of at least 4 members (excludes halogenated alkanes) is 1. The SMILES string of the molecule is CCCCOC(=O)CC(NC(=O)OCc1ccccc1)C(=O)NCC(=O)O. The summed E-state index contributed by atoms with van der Waals surface area (Å²) in [5, 5.41) is 13.0. The number of benzene rings is 1. The van der Waals surface area contributed by atoms with E-state index in [2.05, 4.69) is 10.6 Å². The molecule has 1 rings (SSSR count). The van der Waals surface area contributed by atoms with E-state index >= 15 is 0 Å². The average molecular weight is 380 g/mol. The molecule has 0 heterocycles. The molecule has 9 nitrogen and oxygen atoms in total. The Balaban J connectivity index is 2.59. The van der Waals surface area contributed by atoms with E-state index in [1.54, 1.807) is 24.3 Å². The van der Waals surface area contributed by atoms with Crippen LogP contribution in [0.25, 0.3) is 0 Å². The fraction of sp³-hybridized carbons (Fsp3) is 0.444. The highest BCUT2D eigenvalue weighted by Gasteiger charge is 2.25. The van der Waals surface area contributed by atoms with Crippen molar-refractivity contribution in [2.45, 2.75) is 38.8 Å². The highest BCUT2D eigenvalue weighted by Crippen LogP contribution is 2.03. The zero-order valence-electron chi connectivity index (χ0n) is 15.1. The lowest BCUT2D eigenvalue weighted by atomic mass is 10.2. The molecular weight excluding hydrogens is 356 g/mol. The van der Waals surface area contributed by atoms with E-state index in [1.165, 1.54) is 0 Å². The van der Waals surface area contributed by atoms with Crippen molar-refractivity contribution in [2.75, 3.05) is 13.2 Å². The van der Waals surface area contributed by atoms with Crippen molar-refractivity contribution in [1.82, 2.24) is 10.6 Å². The van der Waals surface area contributed by atoms with Crippen molar-refractivity contribution in [3.63, 3.8) is 0 Å². The van der Waals surface area contributed by atoms with E-state index in [-0.39, 0.29) is 13.2 Å². The quantitative estimate of drug-likeness (QED) is 0.388. The normalized spacial score (nSPS) is 11.1. The maximum absolute atomic E-state index is 12.1. The van der Waals surface area contributed by atoms with E-state index < -0.39 is 42.9 Å². The van der Waals surface area contributed by atoms with Gasteiger partial charge < -0.3 is 25.2 Å². The predicted molar refractivity (Wildman–Crippen MR) is 94.7 cm³/mol. The maximum Gasteiger partial charge on any atom is 0.408 e. The molecule has 0 bridgehead atoms. The van der Waals surface area contributed by atoms with Crippen LogP contribution >= 0.6 is 0 Å². The van der Waals surface area contributed by atoms with Gasteiger partial charge in [-0.2, -0.15) is 0 Å². The number of carbonyl (C=O) groups is 4. The number of aliphatic carboxylic acids is 1. The first kappa shape index (κ1) is 21.9.